The van der Waals surface area contributed by atoms with Crippen molar-refractivity contribution in [2.24, 2.45) is 5.73 Å². The zero-order valence-corrected chi connectivity index (χ0v) is 8.84. The van der Waals surface area contributed by atoms with Gasteiger partial charge in [-0.2, -0.15) is 0 Å². The first-order chi connectivity index (χ1) is 6.06. The van der Waals surface area contributed by atoms with Crippen LogP contribution in [0.1, 0.15) is 20.3 Å². The Hall–Kier alpha value is -0.610. The molecule has 0 radical (unpaired) electrons. The number of hydrogen-bond donors (Lipinski definition) is 2. The highest BCUT2D eigenvalue weighted by Crippen LogP contribution is 1.90. The van der Waals surface area contributed by atoms with Crippen LogP contribution in [-0.4, -0.2) is 43.5 Å². The van der Waals surface area contributed by atoms with Gasteiger partial charge in [-0.1, -0.05) is 0 Å². The van der Waals surface area contributed by atoms with Crippen LogP contribution < -0.4 is 11.1 Å². The molecular formula is C9H21N3O. The minimum Gasteiger partial charge on any atom is -0.355 e. The molecule has 0 rings (SSSR count). The Morgan fingerprint density at radius 1 is 1.62 bits per heavy atom. The lowest BCUT2D eigenvalue weighted by Crippen LogP contribution is -2.36. The van der Waals surface area contributed by atoms with E-state index in [0.717, 1.165) is 13.0 Å². The summed E-state index contributed by atoms with van der Waals surface area (Å²) < 4.78 is 0. The molecule has 3 N–H and O–H groups in total. The predicted molar refractivity (Wildman–Crippen MR) is 54.4 cm³/mol. The lowest BCUT2D eigenvalue weighted by atomic mass is 10.2. The van der Waals surface area contributed by atoms with Crippen LogP contribution in [0.4, 0.5) is 0 Å². The second kappa shape index (κ2) is 6.86. The van der Waals surface area contributed by atoms with Crippen LogP contribution in [0.5, 0.6) is 0 Å². The molecule has 1 amide bonds. The second-order valence-electron chi connectivity index (χ2n) is 3.46. The highest BCUT2D eigenvalue weighted by molar-refractivity contribution is 5.77. The third-order valence-electron chi connectivity index (χ3n) is 1.75. The minimum absolute atomic E-state index is 0.0784. The summed E-state index contributed by atoms with van der Waals surface area (Å²) in [5.74, 6) is 0.0784. The summed E-state index contributed by atoms with van der Waals surface area (Å²) in [5.41, 5.74) is 5.60. The number of hydrogen-bond acceptors (Lipinski definition) is 3. The number of nitrogens with zero attached hydrogens (tertiary/aromatic N) is 1. The van der Waals surface area contributed by atoms with Gasteiger partial charge in [0.2, 0.25) is 5.91 Å². The van der Waals surface area contributed by atoms with Crippen molar-refractivity contribution in [3.05, 3.63) is 0 Å². The van der Waals surface area contributed by atoms with Gasteiger partial charge in [-0.15, -0.1) is 0 Å². The Labute approximate surface area is 80.5 Å². The third kappa shape index (κ3) is 7.74. The molecule has 0 fully saturated rings. The zero-order chi connectivity index (χ0) is 10.3. The maximum absolute atomic E-state index is 11.1. The summed E-state index contributed by atoms with van der Waals surface area (Å²) in [4.78, 5) is 13.1. The average Bonchev–Trinajstić information content (AvgIpc) is 2.01. The molecule has 0 aromatic rings. The van der Waals surface area contributed by atoms with E-state index in [1.165, 1.54) is 0 Å². The van der Waals surface area contributed by atoms with Crippen molar-refractivity contribution in [2.45, 2.75) is 26.3 Å². The lowest BCUT2D eigenvalue weighted by molar-refractivity contribution is -0.121. The van der Waals surface area contributed by atoms with Crippen LogP contribution in [-0.2, 0) is 4.79 Å². The van der Waals surface area contributed by atoms with Crippen molar-refractivity contribution in [3.63, 3.8) is 0 Å². The van der Waals surface area contributed by atoms with Gasteiger partial charge >= 0.3 is 0 Å². The maximum atomic E-state index is 11.1. The van der Waals surface area contributed by atoms with Crippen molar-refractivity contribution in [3.8, 4) is 0 Å². The van der Waals surface area contributed by atoms with E-state index < -0.39 is 0 Å². The highest BCUT2D eigenvalue weighted by Gasteiger charge is 2.05. The normalized spacial score (nSPS) is 13.0. The molecule has 0 aliphatic heterocycles. The fraction of sp³-hybridized carbons (Fsp3) is 0.889. The van der Waals surface area contributed by atoms with Crippen LogP contribution in [0.25, 0.3) is 0 Å². The Bertz CT molecular complexity index is 148. The molecule has 0 aromatic heterocycles. The molecule has 0 saturated heterocycles. The highest BCUT2D eigenvalue weighted by atomic mass is 16.1. The number of amides is 1. The first-order valence-corrected chi connectivity index (χ1v) is 4.77. The molecule has 78 valence electrons. The van der Waals surface area contributed by atoms with Crippen LogP contribution in [0, 0.1) is 0 Å². The Balaban J connectivity index is 3.49. The lowest BCUT2D eigenvalue weighted by Gasteiger charge is -2.16. The van der Waals surface area contributed by atoms with E-state index in [2.05, 4.69) is 5.32 Å². The first-order valence-electron chi connectivity index (χ1n) is 4.77. The first kappa shape index (κ1) is 12.4. The van der Waals surface area contributed by atoms with E-state index >= 15 is 0 Å². The molecule has 0 spiro atoms. The predicted octanol–water partition coefficient (Wildman–Crippen LogP) is -0.208. The summed E-state index contributed by atoms with van der Waals surface area (Å²) in [6.07, 6.45) is 0.926. The van der Waals surface area contributed by atoms with Crippen LogP contribution in [0.3, 0.4) is 0 Å². The van der Waals surface area contributed by atoms with Gasteiger partial charge in [0.1, 0.15) is 0 Å². The minimum atomic E-state index is 0.0784. The Morgan fingerprint density at radius 2 is 2.23 bits per heavy atom. The fourth-order valence-corrected chi connectivity index (χ4v) is 1.00. The van der Waals surface area contributed by atoms with Gasteiger partial charge in [0.15, 0.2) is 0 Å². The van der Waals surface area contributed by atoms with Gasteiger partial charge in [-0.05, 0) is 33.9 Å². The smallest absolute Gasteiger partial charge is 0.234 e. The number of carbonyl (C=O) groups is 1. The number of nitrogens with two attached hydrogens (primary N) is 1. The Kier molecular flexibility index (Phi) is 6.54. The number of nitrogens with one attached hydrogen (secondary N) is 1. The Morgan fingerprint density at radius 3 is 2.69 bits per heavy atom. The molecule has 0 aliphatic rings. The molecule has 1 unspecified atom stereocenters. The molecule has 4 nitrogen and oxygen atoms in total. The maximum Gasteiger partial charge on any atom is 0.234 e. The summed E-state index contributed by atoms with van der Waals surface area (Å²) in [5, 5.41) is 2.75. The molecule has 0 aromatic carbocycles. The molecule has 13 heavy (non-hydrogen) atoms. The van der Waals surface area contributed by atoms with Crippen LogP contribution in [0.2, 0.25) is 0 Å². The van der Waals surface area contributed by atoms with Crippen molar-refractivity contribution < 1.29 is 4.79 Å². The average molecular weight is 187 g/mol. The topological polar surface area (TPSA) is 58.4 Å². The third-order valence-corrected chi connectivity index (χ3v) is 1.75. The van der Waals surface area contributed by atoms with Gasteiger partial charge in [0.05, 0.1) is 6.54 Å². The van der Waals surface area contributed by atoms with E-state index in [0.29, 0.717) is 13.1 Å². The van der Waals surface area contributed by atoms with Gasteiger partial charge in [0.25, 0.3) is 0 Å². The van der Waals surface area contributed by atoms with E-state index in [1.54, 1.807) is 0 Å². The van der Waals surface area contributed by atoms with Crippen LogP contribution in [0.15, 0.2) is 0 Å². The van der Waals surface area contributed by atoms with Crippen molar-refractivity contribution in [1.82, 2.24) is 10.2 Å². The summed E-state index contributed by atoms with van der Waals surface area (Å²) >= 11 is 0. The summed E-state index contributed by atoms with van der Waals surface area (Å²) in [6, 6.07) is 0.205. The monoisotopic (exact) mass is 187 g/mol. The van der Waals surface area contributed by atoms with E-state index in [4.69, 9.17) is 5.73 Å². The summed E-state index contributed by atoms with van der Waals surface area (Å²) in [6.45, 7) is 5.91. The van der Waals surface area contributed by atoms with E-state index in [-0.39, 0.29) is 11.9 Å². The van der Waals surface area contributed by atoms with Crippen molar-refractivity contribution >= 4 is 5.91 Å². The molecule has 0 heterocycles. The second-order valence-corrected chi connectivity index (χ2v) is 3.46. The largest absolute Gasteiger partial charge is 0.355 e. The molecule has 0 aliphatic carbocycles. The standard InChI is InChI=1S/C9H21N3O/c1-4-11-9(13)7-12(3)6-5-8(2)10/h8H,4-7,10H2,1-3H3,(H,11,13). The summed E-state index contributed by atoms with van der Waals surface area (Å²) in [7, 11) is 1.93. The SMILES string of the molecule is CCNC(=O)CN(C)CCC(C)N. The van der Waals surface area contributed by atoms with Crippen molar-refractivity contribution in [1.29, 1.82) is 0 Å². The van der Waals surface area contributed by atoms with Gasteiger partial charge < -0.3 is 11.1 Å². The number of rotatable bonds is 6. The van der Waals surface area contributed by atoms with E-state index in [9.17, 15) is 4.79 Å². The molecule has 1 atom stereocenters. The van der Waals surface area contributed by atoms with Crippen LogP contribution >= 0.6 is 0 Å². The molecular weight excluding hydrogens is 166 g/mol. The zero-order valence-electron chi connectivity index (χ0n) is 8.84. The van der Waals surface area contributed by atoms with Crippen molar-refractivity contribution in [2.75, 3.05) is 26.7 Å². The van der Waals surface area contributed by atoms with Gasteiger partial charge in [0, 0.05) is 12.6 Å². The van der Waals surface area contributed by atoms with E-state index in [1.807, 2.05) is 25.8 Å². The number of carbonyl (C=O) groups excluding carboxylic acids is 1. The molecule has 4 heteroatoms. The molecule has 0 bridgehead atoms. The quantitative estimate of drug-likeness (QED) is 0.605. The van der Waals surface area contributed by atoms with Gasteiger partial charge in [-0.3, -0.25) is 9.69 Å². The fourth-order valence-electron chi connectivity index (χ4n) is 1.00. The molecule has 0 saturated carbocycles. The number of likely N-dealkylation sites (N-methyl/N-ethyl adjacent to an activating group) is 2. The van der Waals surface area contributed by atoms with Gasteiger partial charge in [-0.25, -0.2) is 0 Å².